The van der Waals surface area contributed by atoms with Crippen LogP contribution < -0.4 is 11.5 Å². The molecule has 0 aromatic heterocycles. The predicted molar refractivity (Wildman–Crippen MR) is 65.3 cm³/mol. The van der Waals surface area contributed by atoms with E-state index in [0.717, 1.165) is 19.1 Å². The van der Waals surface area contributed by atoms with Crippen LogP contribution in [0.5, 0.6) is 0 Å². The van der Waals surface area contributed by atoms with E-state index in [2.05, 4.69) is 4.74 Å². The first-order valence-corrected chi connectivity index (χ1v) is 5.80. The SMILES string of the molecule is CCC=O.NCCCC[C@H](N)C(=O)OCCO. The van der Waals surface area contributed by atoms with Gasteiger partial charge in [0.1, 0.15) is 18.9 Å². The number of aliphatic hydroxyl groups excluding tert-OH is 1. The van der Waals surface area contributed by atoms with Crippen LogP contribution in [0.3, 0.4) is 0 Å². The first-order valence-electron chi connectivity index (χ1n) is 5.80. The lowest BCUT2D eigenvalue weighted by Crippen LogP contribution is -2.32. The fourth-order valence-corrected chi connectivity index (χ4v) is 0.880. The van der Waals surface area contributed by atoms with Gasteiger partial charge < -0.3 is 26.1 Å². The molecule has 102 valence electrons. The van der Waals surface area contributed by atoms with Gasteiger partial charge in [-0.3, -0.25) is 4.79 Å². The molecule has 1 atom stereocenters. The van der Waals surface area contributed by atoms with Crippen molar-refractivity contribution >= 4 is 12.3 Å². The summed E-state index contributed by atoms with van der Waals surface area (Å²) >= 11 is 0. The Hall–Kier alpha value is -0.980. The Kier molecular flexibility index (Phi) is 16.2. The molecule has 6 nitrogen and oxygen atoms in total. The monoisotopic (exact) mass is 248 g/mol. The minimum atomic E-state index is -0.585. The summed E-state index contributed by atoms with van der Waals surface area (Å²) in [7, 11) is 0. The van der Waals surface area contributed by atoms with Crippen LogP contribution in [0.25, 0.3) is 0 Å². The number of carbonyl (C=O) groups is 2. The van der Waals surface area contributed by atoms with Gasteiger partial charge in [0.25, 0.3) is 0 Å². The summed E-state index contributed by atoms with van der Waals surface area (Å²) in [6.45, 7) is 2.27. The van der Waals surface area contributed by atoms with Crippen molar-refractivity contribution in [3.05, 3.63) is 0 Å². The lowest BCUT2D eigenvalue weighted by atomic mass is 10.1. The van der Waals surface area contributed by atoms with Crippen LogP contribution in [0, 0.1) is 0 Å². The molecule has 0 radical (unpaired) electrons. The van der Waals surface area contributed by atoms with Gasteiger partial charge in [0.15, 0.2) is 0 Å². The van der Waals surface area contributed by atoms with E-state index in [1.54, 1.807) is 0 Å². The van der Waals surface area contributed by atoms with Crippen molar-refractivity contribution in [3.8, 4) is 0 Å². The maximum Gasteiger partial charge on any atom is 0.322 e. The fourth-order valence-electron chi connectivity index (χ4n) is 0.880. The van der Waals surface area contributed by atoms with Crippen molar-refractivity contribution in [2.45, 2.75) is 38.6 Å². The molecule has 0 saturated heterocycles. The van der Waals surface area contributed by atoms with Crippen molar-refractivity contribution in [1.82, 2.24) is 0 Å². The van der Waals surface area contributed by atoms with Crippen LogP contribution in [0.1, 0.15) is 32.6 Å². The number of ether oxygens (including phenoxy) is 1. The van der Waals surface area contributed by atoms with E-state index in [1.165, 1.54) is 0 Å². The highest BCUT2D eigenvalue weighted by atomic mass is 16.5. The number of aldehydes is 1. The molecule has 0 aliphatic rings. The number of rotatable bonds is 8. The van der Waals surface area contributed by atoms with Gasteiger partial charge in [0.2, 0.25) is 0 Å². The summed E-state index contributed by atoms with van der Waals surface area (Å²) in [6, 6.07) is -0.585. The third kappa shape index (κ3) is 15.0. The molecule has 0 aliphatic heterocycles. The molecule has 0 fully saturated rings. The lowest BCUT2D eigenvalue weighted by molar-refractivity contribution is -0.146. The number of unbranched alkanes of at least 4 members (excludes halogenated alkanes) is 1. The van der Waals surface area contributed by atoms with E-state index in [4.69, 9.17) is 16.6 Å². The van der Waals surface area contributed by atoms with Gasteiger partial charge in [-0.2, -0.15) is 0 Å². The normalized spacial score (nSPS) is 11.1. The first-order chi connectivity index (χ1) is 8.13. The number of hydrogen-bond donors (Lipinski definition) is 3. The van der Waals surface area contributed by atoms with Crippen molar-refractivity contribution in [2.75, 3.05) is 19.8 Å². The van der Waals surface area contributed by atoms with Crippen LogP contribution >= 0.6 is 0 Å². The summed E-state index contributed by atoms with van der Waals surface area (Å²) < 4.78 is 4.64. The molecule has 0 bridgehead atoms. The Bertz CT molecular complexity index is 188. The molecule has 17 heavy (non-hydrogen) atoms. The third-order valence-corrected chi connectivity index (χ3v) is 1.77. The van der Waals surface area contributed by atoms with Gasteiger partial charge in [0, 0.05) is 6.42 Å². The number of carbonyl (C=O) groups excluding carboxylic acids is 2. The van der Waals surface area contributed by atoms with Crippen LogP contribution in [-0.4, -0.2) is 43.2 Å². The number of aliphatic hydroxyl groups is 1. The Labute approximate surface area is 102 Å². The lowest BCUT2D eigenvalue weighted by Gasteiger charge is -2.09. The summed E-state index contributed by atoms with van der Waals surface area (Å²) in [4.78, 5) is 20.2. The Morgan fingerprint density at radius 2 is 2.06 bits per heavy atom. The molecule has 6 heteroatoms. The quantitative estimate of drug-likeness (QED) is 0.305. The molecule has 0 saturated carbocycles. The van der Waals surface area contributed by atoms with Crippen molar-refractivity contribution in [1.29, 1.82) is 0 Å². The summed E-state index contributed by atoms with van der Waals surface area (Å²) in [5.74, 6) is -0.453. The molecule has 0 aliphatic carbocycles. The van der Waals surface area contributed by atoms with E-state index in [9.17, 15) is 9.59 Å². The maximum atomic E-state index is 11.0. The molecule has 0 unspecified atom stereocenters. The topological polar surface area (TPSA) is 116 Å². The zero-order valence-corrected chi connectivity index (χ0v) is 10.4. The molecular weight excluding hydrogens is 224 g/mol. The van der Waals surface area contributed by atoms with Crippen LogP contribution in [-0.2, 0) is 14.3 Å². The van der Waals surface area contributed by atoms with Gasteiger partial charge in [-0.05, 0) is 19.4 Å². The van der Waals surface area contributed by atoms with Crippen LogP contribution in [0.4, 0.5) is 0 Å². The van der Waals surface area contributed by atoms with Gasteiger partial charge in [-0.15, -0.1) is 0 Å². The van der Waals surface area contributed by atoms with E-state index in [1.807, 2.05) is 6.92 Å². The molecule has 0 rings (SSSR count). The zero-order chi connectivity index (χ0) is 13.5. The van der Waals surface area contributed by atoms with Crippen molar-refractivity contribution < 1.29 is 19.4 Å². The average Bonchev–Trinajstić information content (AvgIpc) is 2.36. The second-order valence-electron chi connectivity index (χ2n) is 3.36. The molecule has 0 aromatic carbocycles. The number of hydrogen-bond acceptors (Lipinski definition) is 6. The fraction of sp³-hybridized carbons (Fsp3) is 0.818. The molecule has 0 spiro atoms. The summed E-state index contributed by atoms with van der Waals surface area (Å²) in [5.41, 5.74) is 10.8. The van der Waals surface area contributed by atoms with E-state index >= 15 is 0 Å². The van der Waals surface area contributed by atoms with Gasteiger partial charge in [0.05, 0.1) is 6.61 Å². The second-order valence-corrected chi connectivity index (χ2v) is 3.36. The molecule has 0 aromatic rings. The van der Waals surface area contributed by atoms with Crippen molar-refractivity contribution in [3.63, 3.8) is 0 Å². The minimum absolute atomic E-state index is 0.0173. The van der Waals surface area contributed by atoms with Crippen LogP contribution in [0.2, 0.25) is 0 Å². The third-order valence-electron chi connectivity index (χ3n) is 1.77. The summed E-state index contributed by atoms with van der Waals surface area (Å²) in [6.07, 6.45) is 3.79. The molecule has 5 N–H and O–H groups in total. The minimum Gasteiger partial charge on any atom is -0.462 e. The molecule has 0 amide bonds. The average molecular weight is 248 g/mol. The van der Waals surface area contributed by atoms with E-state index < -0.39 is 12.0 Å². The first kappa shape index (κ1) is 18.4. The van der Waals surface area contributed by atoms with Gasteiger partial charge in [-0.25, -0.2) is 0 Å². The van der Waals surface area contributed by atoms with Crippen molar-refractivity contribution in [2.24, 2.45) is 11.5 Å². The largest absolute Gasteiger partial charge is 0.462 e. The van der Waals surface area contributed by atoms with Crippen LogP contribution in [0.15, 0.2) is 0 Å². The Morgan fingerprint density at radius 3 is 2.47 bits per heavy atom. The second kappa shape index (κ2) is 15.0. The Balaban J connectivity index is 0. The number of esters is 1. The maximum absolute atomic E-state index is 11.0. The van der Waals surface area contributed by atoms with Gasteiger partial charge in [-0.1, -0.05) is 13.3 Å². The standard InChI is InChI=1S/C8H18N2O3.C3H6O/c9-4-2-1-3-7(10)8(12)13-6-5-11;1-2-3-4/h7,11H,1-6,9-10H2;3H,2H2,1H3/t7-;/m0./s1. The molecular formula is C11H24N2O4. The zero-order valence-electron chi connectivity index (χ0n) is 10.4. The highest BCUT2D eigenvalue weighted by molar-refractivity contribution is 5.75. The predicted octanol–water partition coefficient (Wildman–Crippen LogP) is -0.426. The summed E-state index contributed by atoms with van der Waals surface area (Å²) in [5, 5.41) is 8.38. The number of nitrogens with two attached hydrogens (primary N) is 2. The smallest absolute Gasteiger partial charge is 0.322 e. The van der Waals surface area contributed by atoms with E-state index in [-0.39, 0.29) is 13.2 Å². The highest BCUT2D eigenvalue weighted by Gasteiger charge is 2.13. The highest BCUT2D eigenvalue weighted by Crippen LogP contribution is 1.99. The Morgan fingerprint density at radius 1 is 1.47 bits per heavy atom. The van der Waals surface area contributed by atoms with E-state index in [0.29, 0.717) is 19.4 Å². The van der Waals surface area contributed by atoms with Gasteiger partial charge >= 0.3 is 5.97 Å². The molecule has 0 heterocycles.